The Balaban J connectivity index is 2.05. The summed E-state index contributed by atoms with van der Waals surface area (Å²) >= 11 is 0. The molecule has 0 saturated heterocycles. The first-order valence-corrected chi connectivity index (χ1v) is 7.69. The number of ether oxygens (including phenoxy) is 1. The summed E-state index contributed by atoms with van der Waals surface area (Å²) in [6.45, 7) is 3.31. The molecule has 22 heavy (non-hydrogen) atoms. The number of hydrogen-bond acceptors (Lipinski definition) is 3. The first-order chi connectivity index (χ1) is 10.6. The molecule has 1 aliphatic heterocycles. The fourth-order valence-electron chi connectivity index (χ4n) is 3.18. The number of hydrogen-bond donors (Lipinski definition) is 1. The molecule has 4 heteroatoms. The summed E-state index contributed by atoms with van der Waals surface area (Å²) in [4.78, 5) is 17.7. The van der Waals surface area contributed by atoms with Crippen LogP contribution in [0.4, 0.5) is 0 Å². The maximum atomic E-state index is 12.1. The molecule has 1 N–H and O–H groups in total. The van der Waals surface area contributed by atoms with Crippen LogP contribution in [0.3, 0.4) is 0 Å². The number of para-hydroxylation sites is 1. The van der Waals surface area contributed by atoms with Gasteiger partial charge in [0.1, 0.15) is 5.69 Å². The van der Waals surface area contributed by atoms with Crippen molar-refractivity contribution in [3.8, 4) is 0 Å². The maximum absolute atomic E-state index is 12.1. The molecule has 1 aromatic heterocycles. The van der Waals surface area contributed by atoms with E-state index in [2.05, 4.69) is 36.0 Å². The number of H-pyrrole nitrogens is 1. The lowest BCUT2D eigenvalue weighted by atomic mass is 9.93. The third kappa shape index (κ3) is 2.55. The molecule has 4 nitrogen and oxygen atoms in total. The smallest absolute Gasteiger partial charge is 0.354 e. The monoisotopic (exact) mass is 298 g/mol. The van der Waals surface area contributed by atoms with Gasteiger partial charge in [0.2, 0.25) is 0 Å². The Labute approximate surface area is 130 Å². The van der Waals surface area contributed by atoms with Crippen LogP contribution in [-0.2, 0) is 11.2 Å². The van der Waals surface area contributed by atoms with Gasteiger partial charge in [0, 0.05) is 23.5 Å². The van der Waals surface area contributed by atoms with E-state index in [-0.39, 0.29) is 5.97 Å². The van der Waals surface area contributed by atoms with E-state index in [4.69, 9.17) is 4.74 Å². The van der Waals surface area contributed by atoms with E-state index in [1.165, 1.54) is 12.7 Å². The van der Waals surface area contributed by atoms with Crippen LogP contribution in [0, 0.1) is 0 Å². The highest BCUT2D eigenvalue weighted by Crippen LogP contribution is 2.28. The number of fused-ring (bicyclic) bond motifs is 1. The van der Waals surface area contributed by atoms with Crippen molar-refractivity contribution in [1.29, 1.82) is 0 Å². The lowest BCUT2D eigenvalue weighted by molar-refractivity contribution is 0.0594. The van der Waals surface area contributed by atoms with E-state index in [1.807, 2.05) is 18.2 Å². The second-order valence-electron chi connectivity index (χ2n) is 5.92. The second-order valence-corrected chi connectivity index (χ2v) is 5.92. The summed E-state index contributed by atoms with van der Waals surface area (Å²) in [6.07, 6.45) is 4.15. The number of nitrogens with zero attached hydrogens (tertiary/aromatic N) is 1. The van der Waals surface area contributed by atoms with E-state index in [0.29, 0.717) is 11.7 Å². The minimum atomic E-state index is -0.302. The highest BCUT2D eigenvalue weighted by Gasteiger charge is 2.23. The van der Waals surface area contributed by atoms with E-state index in [0.717, 1.165) is 35.9 Å². The van der Waals surface area contributed by atoms with Gasteiger partial charge in [0.05, 0.1) is 7.11 Å². The van der Waals surface area contributed by atoms with Crippen LogP contribution in [0.25, 0.3) is 10.9 Å². The topological polar surface area (TPSA) is 45.3 Å². The molecule has 116 valence electrons. The molecular formula is C18H22N2O2. The molecule has 1 unspecified atom stereocenters. The first kappa shape index (κ1) is 14.9. The van der Waals surface area contributed by atoms with Crippen molar-refractivity contribution in [2.45, 2.75) is 25.8 Å². The number of methoxy groups -OCH3 is 1. The molecule has 1 aromatic carbocycles. The average molecular weight is 298 g/mol. The van der Waals surface area contributed by atoms with Gasteiger partial charge in [0.15, 0.2) is 0 Å². The van der Waals surface area contributed by atoms with Gasteiger partial charge in [-0.25, -0.2) is 4.79 Å². The van der Waals surface area contributed by atoms with Gasteiger partial charge < -0.3 is 9.72 Å². The molecule has 0 radical (unpaired) electrons. The number of aromatic amines is 1. The molecule has 0 bridgehead atoms. The van der Waals surface area contributed by atoms with Gasteiger partial charge >= 0.3 is 5.97 Å². The predicted octanol–water partition coefficient (Wildman–Crippen LogP) is 3.15. The number of likely N-dealkylation sites (N-methyl/N-ethyl adjacent to an activating group) is 1. The molecule has 1 atom stereocenters. The Morgan fingerprint density at radius 1 is 1.41 bits per heavy atom. The largest absolute Gasteiger partial charge is 0.464 e. The number of carbonyl (C=O) groups is 1. The lowest BCUT2D eigenvalue weighted by Crippen LogP contribution is -2.35. The molecular weight excluding hydrogens is 276 g/mol. The lowest BCUT2D eigenvalue weighted by Gasteiger charge is -2.31. The van der Waals surface area contributed by atoms with Crippen LogP contribution in [-0.4, -0.2) is 42.6 Å². The number of rotatable bonds is 3. The normalized spacial score (nSPS) is 19.2. The van der Waals surface area contributed by atoms with Crippen molar-refractivity contribution >= 4 is 16.9 Å². The highest BCUT2D eigenvalue weighted by molar-refractivity contribution is 5.98. The van der Waals surface area contributed by atoms with Crippen molar-refractivity contribution in [3.05, 3.63) is 47.2 Å². The Kier molecular flexibility index (Phi) is 4.03. The van der Waals surface area contributed by atoms with Crippen LogP contribution in [0.15, 0.2) is 35.9 Å². The molecule has 0 saturated carbocycles. The van der Waals surface area contributed by atoms with Gasteiger partial charge in [-0.1, -0.05) is 29.8 Å². The van der Waals surface area contributed by atoms with E-state index >= 15 is 0 Å². The van der Waals surface area contributed by atoms with Crippen LogP contribution in [0.5, 0.6) is 0 Å². The molecule has 2 aromatic rings. The zero-order chi connectivity index (χ0) is 15.7. The first-order valence-electron chi connectivity index (χ1n) is 7.69. The summed E-state index contributed by atoms with van der Waals surface area (Å²) in [7, 11) is 3.57. The Bertz CT molecular complexity index is 730. The predicted molar refractivity (Wildman–Crippen MR) is 88.1 cm³/mol. The van der Waals surface area contributed by atoms with Crippen LogP contribution in [0.1, 0.15) is 29.4 Å². The molecule has 3 rings (SSSR count). The van der Waals surface area contributed by atoms with E-state index in [1.54, 1.807) is 0 Å². The van der Waals surface area contributed by atoms with Crippen molar-refractivity contribution in [3.63, 3.8) is 0 Å². The van der Waals surface area contributed by atoms with Gasteiger partial charge in [-0.15, -0.1) is 0 Å². The number of carbonyl (C=O) groups excluding carboxylic acids is 1. The van der Waals surface area contributed by atoms with Crippen molar-refractivity contribution < 1.29 is 9.53 Å². The SMILES string of the molecule is COC(=O)c1[nH]c2ccccc2c1CC1=CCCN(C)C1C. The van der Waals surface area contributed by atoms with Crippen LogP contribution >= 0.6 is 0 Å². The molecule has 0 fully saturated rings. The zero-order valence-electron chi connectivity index (χ0n) is 13.3. The fraction of sp³-hybridized carbons (Fsp3) is 0.389. The van der Waals surface area contributed by atoms with Gasteiger partial charge in [-0.2, -0.15) is 0 Å². The number of benzene rings is 1. The third-order valence-corrected chi connectivity index (χ3v) is 4.67. The minimum absolute atomic E-state index is 0.302. The molecule has 0 spiro atoms. The quantitative estimate of drug-likeness (QED) is 0.699. The second kappa shape index (κ2) is 5.97. The summed E-state index contributed by atoms with van der Waals surface area (Å²) in [5, 5.41) is 1.10. The molecule has 0 amide bonds. The van der Waals surface area contributed by atoms with Gasteiger partial charge in [0.25, 0.3) is 0 Å². The summed E-state index contributed by atoms with van der Waals surface area (Å²) in [5.74, 6) is -0.302. The van der Waals surface area contributed by atoms with Crippen molar-refractivity contribution in [1.82, 2.24) is 9.88 Å². The maximum Gasteiger partial charge on any atom is 0.354 e. The van der Waals surface area contributed by atoms with E-state index < -0.39 is 0 Å². The Morgan fingerprint density at radius 2 is 2.18 bits per heavy atom. The summed E-state index contributed by atoms with van der Waals surface area (Å²) in [6, 6.07) is 8.43. The highest BCUT2D eigenvalue weighted by atomic mass is 16.5. The van der Waals surface area contributed by atoms with Crippen molar-refractivity contribution in [2.24, 2.45) is 0 Å². The molecule has 0 aliphatic carbocycles. The summed E-state index contributed by atoms with van der Waals surface area (Å²) in [5.41, 5.74) is 3.96. The van der Waals surface area contributed by atoms with E-state index in [9.17, 15) is 4.79 Å². The Hall–Kier alpha value is -2.07. The zero-order valence-corrected chi connectivity index (χ0v) is 13.3. The Morgan fingerprint density at radius 3 is 2.95 bits per heavy atom. The number of nitrogens with one attached hydrogen (secondary N) is 1. The number of esters is 1. The van der Waals surface area contributed by atoms with Crippen LogP contribution < -0.4 is 0 Å². The number of aromatic nitrogens is 1. The van der Waals surface area contributed by atoms with Crippen LogP contribution in [0.2, 0.25) is 0 Å². The van der Waals surface area contributed by atoms with Crippen molar-refractivity contribution in [2.75, 3.05) is 20.7 Å². The van der Waals surface area contributed by atoms with Gasteiger partial charge in [-0.3, -0.25) is 4.90 Å². The standard InChI is InChI=1S/C18H22N2O2/c1-12-13(7-6-10-20(12)2)11-15-14-8-4-5-9-16(14)19-17(15)18(21)22-3/h4-5,7-9,12,19H,6,10-11H2,1-3H3. The fourth-order valence-corrected chi connectivity index (χ4v) is 3.18. The molecule has 1 aliphatic rings. The van der Waals surface area contributed by atoms with Gasteiger partial charge in [-0.05, 0) is 38.4 Å². The minimum Gasteiger partial charge on any atom is -0.464 e. The molecule has 2 heterocycles. The average Bonchev–Trinajstić information content (AvgIpc) is 2.90. The summed E-state index contributed by atoms with van der Waals surface area (Å²) < 4.78 is 4.94. The third-order valence-electron chi connectivity index (χ3n) is 4.67.